The Kier molecular flexibility index (Phi) is 4.36. The molecule has 2 heterocycles. The summed E-state index contributed by atoms with van der Waals surface area (Å²) in [7, 11) is 2.17. The summed E-state index contributed by atoms with van der Waals surface area (Å²) in [6, 6.07) is 12.7. The molecule has 0 N–H and O–H groups in total. The monoisotopic (exact) mass is 325 g/mol. The molecule has 1 fully saturated rings. The molecule has 2 atom stereocenters. The molecule has 0 amide bonds. The van der Waals surface area contributed by atoms with E-state index in [4.69, 9.17) is 9.15 Å². The van der Waals surface area contributed by atoms with Crippen molar-refractivity contribution in [1.29, 1.82) is 0 Å². The molecule has 0 bridgehead atoms. The summed E-state index contributed by atoms with van der Waals surface area (Å²) >= 11 is 0. The molecular formula is C21H27NO2. The lowest BCUT2D eigenvalue weighted by molar-refractivity contribution is 0.0232. The lowest BCUT2D eigenvalue weighted by Gasteiger charge is -2.39. The highest BCUT2D eigenvalue weighted by atomic mass is 16.5. The zero-order valence-electron chi connectivity index (χ0n) is 14.5. The van der Waals surface area contributed by atoms with Gasteiger partial charge in [-0.05, 0) is 63.9 Å². The van der Waals surface area contributed by atoms with Crippen LogP contribution < -0.4 is 4.74 Å². The second-order valence-electron chi connectivity index (χ2n) is 7.42. The van der Waals surface area contributed by atoms with E-state index < -0.39 is 0 Å². The second-order valence-corrected chi connectivity index (χ2v) is 7.42. The molecule has 0 spiro atoms. The molecule has 1 aliphatic carbocycles. The molecule has 1 aliphatic heterocycles. The fraction of sp³-hybridized carbons (Fsp3) is 0.524. The maximum Gasteiger partial charge on any atom is 0.123 e. The first-order chi connectivity index (χ1) is 11.8. The average Bonchev–Trinajstić information content (AvgIpc) is 3.20. The van der Waals surface area contributed by atoms with E-state index in [0.29, 0.717) is 5.92 Å². The number of hydrogen-bond donors (Lipinski definition) is 0. The van der Waals surface area contributed by atoms with Crippen LogP contribution in [0, 0.1) is 0 Å². The molecule has 1 saturated carbocycles. The van der Waals surface area contributed by atoms with E-state index in [2.05, 4.69) is 36.2 Å². The minimum Gasteiger partial charge on any atom is -0.486 e. The van der Waals surface area contributed by atoms with Crippen molar-refractivity contribution in [3.8, 4) is 5.75 Å². The minimum absolute atomic E-state index is 0.0491. The third-order valence-corrected chi connectivity index (χ3v) is 5.73. The Labute approximate surface area is 144 Å². The number of nitrogens with zero attached hydrogens (tertiary/aromatic N) is 1. The molecule has 3 nitrogen and oxygen atoms in total. The highest BCUT2D eigenvalue weighted by Crippen LogP contribution is 2.53. The van der Waals surface area contributed by atoms with Crippen LogP contribution >= 0.6 is 0 Å². The van der Waals surface area contributed by atoms with E-state index in [1.54, 1.807) is 6.26 Å². The van der Waals surface area contributed by atoms with E-state index in [0.717, 1.165) is 31.0 Å². The van der Waals surface area contributed by atoms with Gasteiger partial charge in [0.2, 0.25) is 0 Å². The van der Waals surface area contributed by atoms with Crippen molar-refractivity contribution in [2.24, 2.45) is 0 Å². The molecular weight excluding hydrogens is 298 g/mol. The summed E-state index contributed by atoms with van der Waals surface area (Å²) in [5, 5.41) is 0. The van der Waals surface area contributed by atoms with Gasteiger partial charge in [0.05, 0.1) is 12.8 Å². The summed E-state index contributed by atoms with van der Waals surface area (Å²) in [6.07, 6.45) is 9.18. The number of ether oxygens (including phenoxy) is 1. The van der Waals surface area contributed by atoms with Gasteiger partial charge < -0.3 is 9.15 Å². The predicted molar refractivity (Wildman–Crippen MR) is 95.3 cm³/mol. The van der Waals surface area contributed by atoms with Crippen molar-refractivity contribution in [2.45, 2.75) is 56.6 Å². The van der Waals surface area contributed by atoms with E-state index in [1.807, 2.05) is 12.1 Å². The summed E-state index contributed by atoms with van der Waals surface area (Å²) in [5.41, 5.74) is 1.49. The Morgan fingerprint density at radius 1 is 1.17 bits per heavy atom. The van der Waals surface area contributed by atoms with Crippen LogP contribution in [-0.4, -0.2) is 24.1 Å². The van der Waals surface area contributed by atoms with Gasteiger partial charge in [-0.15, -0.1) is 0 Å². The minimum atomic E-state index is 0.0491. The van der Waals surface area contributed by atoms with E-state index >= 15 is 0 Å². The predicted octanol–water partition coefficient (Wildman–Crippen LogP) is 4.98. The van der Waals surface area contributed by atoms with Crippen LogP contribution in [0.3, 0.4) is 0 Å². The van der Waals surface area contributed by atoms with Crippen LogP contribution in [0.25, 0.3) is 0 Å². The van der Waals surface area contributed by atoms with E-state index in [-0.39, 0.29) is 5.60 Å². The molecule has 1 aromatic heterocycles. The number of rotatable bonds is 6. The highest BCUT2D eigenvalue weighted by molar-refractivity contribution is 5.43. The molecule has 0 radical (unpaired) electrons. The normalized spacial score (nSPS) is 25.3. The first kappa shape index (κ1) is 15.8. The number of fused-ring (bicyclic) bond motifs is 3. The fourth-order valence-electron chi connectivity index (χ4n) is 4.60. The number of benzene rings is 1. The Balaban J connectivity index is 1.38. The van der Waals surface area contributed by atoms with Gasteiger partial charge in [0.1, 0.15) is 17.1 Å². The van der Waals surface area contributed by atoms with E-state index in [1.165, 1.54) is 37.7 Å². The third kappa shape index (κ3) is 2.98. The van der Waals surface area contributed by atoms with Gasteiger partial charge in [-0.25, -0.2) is 0 Å². The molecule has 3 heteroatoms. The first-order valence-corrected chi connectivity index (χ1v) is 9.26. The van der Waals surface area contributed by atoms with Crippen molar-refractivity contribution in [3.05, 3.63) is 54.0 Å². The van der Waals surface area contributed by atoms with Crippen LogP contribution in [0.1, 0.15) is 55.8 Å². The average molecular weight is 325 g/mol. The van der Waals surface area contributed by atoms with Gasteiger partial charge in [0, 0.05) is 11.5 Å². The SMILES string of the molecule is CN(CCC[C@@]12CCCC[C@@H]1c1ccccc1O2)Cc1ccco1. The van der Waals surface area contributed by atoms with Crippen molar-refractivity contribution < 1.29 is 9.15 Å². The van der Waals surface area contributed by atoms with Gasteiger partial charge in [-0.1, -0.05) is 24.6 Å². The van der Waals surface area contributed by atoms with Crippen molar-refractivity contribution in [1.82, 2.24) is 4.90 Å². The van der Waals surface area contributed by atoms with Gasteiger partial charge >= 0.3 is 0 Å². The Bertz CT molecular complexity index is 666. The zero-order valence-corrected chi connectivity index (χ0v) is 14.5. The fourth-order valence-corrected chi connectivity index (χ4v) is 4.60. The topological polar surface area (TPSA) is 25.6 Å². The molecule has 0 unspecified atom stereocenters. The van der Waals surface area contributed by atoms with Gasteiger partial charge in [0.15, 0.2) is 0 Å². The second kappa shape index (κ2) is 6.64. The molecule has 2 aromatic rings. The Morgan fingerprint density at radius 3 is 2.96 bits per heavy atom. The quantitative estimate of drug-likeness (QED) is 0.749. The maximum absolute atomic E-state index is 6.55. The lowest BCUT2D eigenvalue weighted by atomic mass is 9.71. The summed E-state index contributed by atoms with van der Waals surface area (Å²) < 4.78 is 12.0. The van der Waals surface area contributed by atoms with Crippen molar-refractivity contribution in [2.75, 3.05) is 13.6 Å². The molecule has 128 valence electrons. The van der Waals surface area contributed by atoms with Crippen LogP contribution in [0.15, 0.2) is 47.1 Å². The maximum atomic E-state index is 6.55. The standard InChI is InChI=1S/C21H27NO2/c1-22(16-17-8-6-15-23-17)14-7-13-21-12-5-4-10-19(21)18-9-2-3-11-20(18)24-21/h2-3,6,8-9,11,15,19H,4-5,7,10,12-14,16H2,1H3/t19-,21+/m1/s1. The number of para-hydroxylation sites is 1. The van der Waals surface area contributed by atoms with Crippen LogP contribution in [0.5, 0.6) is 5.75 Å². The van der Waals surface area contributed by atoms with Crippen LogP contribution in [0.4, 0.5) is 0 Å². The summed E-state index contributed by atoms with van der Waals surface area (Å²) in [5.74, 6) is 2.77. The third-order valence-electron chi connectivity index (χ3n) is 5.73. The Hall–Kier alpha value is -1.74. The highest BCUT2D eigenvalue weighted by Gasteiger charge is 2.48. The van der Waals surface area contributed by atoms with Crippen molar-refractivity contribution >= 4 is 0 Å². The molecule has 1 aromatic carbocycles. The summed E-state index contributed by atoms with van der Waals surface area (Å²) in [6.45, 7) is 1.96. The van der Waals surface area contributed by atoms with Crippen LogP contribution in [-0.2, 0) is 6.54 Å². The van der Waals surface area contributed by atoms with Gasteiger partial charge in [-0.2, -0.15) is 0 Å². The molecule has 4 rings (SSSR count). The smallest absolute Gasteiger partial charge is 0.123 e. The Morgan fingerprint density at radius 2 is 2.08 bits per heavy atom. The summed E-state index contributed by atoms with van der Waals surface area (Å²) in [4.78, 5) is 2.34. The van der Waals surface area contributed by atoms with Gasteiger partial charge in [-0.3, -0.25) is 4.90 Å². The van der Waals surface area contributed by atoms with Crippen molar-refractivity contribution in [3.63, 3.8) is 0 Å². The first-order valence-electron chi connectivity index (χ1n) is 9.26. The number of hydrogen-bond acceptors (Lipinski definition) is 3. The lowest BCUT2D eigenvalue weighted by Crippen LogP contribution is -2.41. The largest absolute Gasteiger partial charge is 0.486 e. The molecule has 0 saturated heterocycles. The van der Waals surface area contributed by atoms with E-state index in [9.17, 15) is 0 Å². The molecule has 2 aliphatic rings. The molecule has 24 heavy (non-hydrogen) atoms. The zero-order chi connectivity index (χ0) is 16.4. The number of furan rings is 1. The van der Waals surface area contributed by atoms with Gasteiger partial charge in [0.25, 0.3) is 0 Å². The van der Waals surface area contributed by atoms with Crippen LogP contribution in [0.2, 0.25) is 0 Å².